The van der Waals surface area contributed by atoms with Crippen LogP contribution in [0.2, 0.25) is 79.6 Å². The third kappa shape index (κ3) is 6.78. The predicted molar refractivity (Wildman–Crippen MR) is 224 cm³/mol. The van der Waals surface area contributed by atoms with E-state index in [0.717, 1.165) is 0 Å². The normalized spacial score (nSPS) is 18.4. The first kappa shape index (κ1) is 38.5. The van der Waals surface area contributed by atoms with Crippen LogP contribution in [0.15, 0.2) is 75.2 Å². The number of aryl methyl sites for hydroxylation is 3. The van der Waals surface area contributed by atoms with Crippen molar-refractivity contribution in [3.05, 3.63) is 91.9 Å². The average molecular weight is 731 g/mol. The van der Waals surface area contributed by atoms with Gasteiger partial charge in [-0.05, 0) is 0 Å². The Morgan fingerprint density at radius 2 is 0.702 bits per heavy atom. The summed E-state index contributed by atoms with van der Waals surface area (Å²) in [5.74, 6) is 0. The number of rotatable bonds is 8. The van der Waals surface area contributed by atoms with Crippen molar-refractivity contribution in [1.29, 1.82) is 0 Å². The summed E-state index contributed by atoms with van der Waals surface area (Å²) >= 11 is -2.44. The SMILES string of the molecule is CC1=C(C)C(C)([Si](c2cc(C)cc([Si](C)(C)C)c2)(c2cc(C)cc([Si](C)(C)C)c2)c2cc(C)cc([Si](C)(C)C)c2)[C]([Ti]([CH3])([CH3])[CH3])=C1C. The second-order valence-corrected chi connectivity index (χ2v) is 46.7. The molecule has 0 saturated carbocycles. The van der Waals surface area contributed by atoms with Crippen LogP contribution in [-0.4, -0.2) is 32.3 Å². The standard InChI is InChI=1S/C39H57Si4.3CH3.Ti/c1-27-17-33(40(8,9)10)23-36(20-27)43(39(7)26-30(4)31(5)32(39)6,37-21-28(2)18-34(24-37)41(11,12)13)38-22-29(3)19-35(25-38)42(14,15)16;;;;/h17-25H,1-16H3;3*1H3;. The molecule has 4 rings (SSSR count). The second kappa shape index (κ2) is 12.5. The van der Waals surface area contributed by atoms with Gasteiger partial charge in [0.15, 0.2) is 0 Å². The summed E-state index contributed by atoms with van der Waals surface area (Å²) in [4.78, 5) is 0. The van der Waals surface area contributed by atoms with Gasteiger partial charge in [-0.1, -0.05) is 0 Å². The Hall–Kier alpha value is -1.28. The Balaban J connectivity index is 2.48. The molecular weight excluding hydrogens is 665 g/mol. The first-order chi connectivity index (χ1) is 21.2. The molecule has 1 unspecified atom stereocenters. The Morgan fingerprint density at radius 1 is 0.426 bits per heavy atom. The van der Waals surface area contributed by atoms with E-state index in [9.17, 15) is 0 Å². The molecular formula is C42H66Si4Ti. The van der Waals surface area contributed by atoms with E-state index in [4.69, 9.17) is 0 Å². The third-order valence-corrected chi connectivity index (χ3v) is 27.1. The zero-order valence-electron chi connectivity index (χ0n) is 33.7. The monoisotopic (exact) mass is 730 g/mol. The molecule has 3 aromatic rings. The molecule has 3 aromatic carbocycles. The van der Waals surface area contributed by atoms with Gasteiger partial charge in [0.05, 0.1) is 0 Å². The van der Waals surface area contributed by atoms with Crippen LogP contribution in [0.5, 0.6) is 0 Å². The fourth-order valence-electron chi connectivity index (χ4n) is 8.85. The minimum absolute atomic E-state index is 0.0705. The van der Waals surface area contributed by atoms with Gasteiger partial charge in [-0.3, -0.25) is 0 Å². The minimum atomic E-state index is -2.86. The van der Waals surface area contributed by atoms with Crippen LogP contribution in [0.25, 0.3) is 0 Å². The molecule has 0 heterocycles. The van der Waals surface area contributed by atoms with Gasteiger partial charge in [-0.15, -0.1) is 0 Å². The summed E-state index contributed by atoms with van der Waals surface area (Å²) in [6.07, 6.45) is 0. The Bertz CT molecular complexity index is 1630. The third-order valence-electron chi connectivity index (χ3n) is 11.4. The van der Waals surface area contributed by atoms with Gasteiger partial charge in [-0.2, -0.15) is 0 Å². The second-order valence-electron chi connectivity index (χ2n) is 19.4. The van der Waals surface area contributed by atoms with Crippen LogP contribution in [0.1, 0.15) is 44.4 Å². The fourth-order valence-corrected chi connectivity index (χ4v) is 26.6. The van der Waals surface area contributed by atoms with Gasteiger partial charge < -0.3 is 0 Å². The van der Waals surface area contributed by atoms with Crippen LogP contribution in [0.4, 0.5) is 0 Å². The van der Waals surface area contributed by atoms with Gasteiger partial charge in [0.2, 0.25) is 0 Å². The van der Waals surface area contributed by atoms with Crippen molar-refractivity contribution in [3.8, 4) is 0 Å². The molecule has 1 aliphatic carbocycles. The van der Waals surface area contributed by atoms with Gasteiger partial charge in [-0.25, -0.2) is 0 Å². The first-order valence-electron chi connectivity index (χ1n) is 17.9. The summed E-state index contributed by atoms with van der Waals surface area (Å²) in [5, 5.41) is 17.6. The molecule has 1 aliphatic rings. The van der Waals surface area contributed by atoms with Crippen LogP contribution < -0.4 is 31.1 Å². The van der Waals surface area contributed by atoms with E-state index in [1.54, 1.807) is 47.8 Å². The summed E-state index contributed by atoms with van der Waals surface area (Å²) in [5.41, 5.74) is 9.05. The molecule has 0 amide bonds. The van der Waals surface area contributed by atoms with Crippen molar-refractivity contribution in [2.75, 3.05) is 0 Å². The van der Waals surface area contributed by atoms with Crippen molar-refractivity contribution in [2.24, 2.45) is 0 Å². The summed E-state index contributed by atoms with van der Waals surface area (Å²) in [7, 11) is -7.72. The van der Waals surface area contributed by atoms with Gasteiger partial charge in [0.1, 0.15) is 0 Å². The molecule has 0 radical (unpaired) electrons. The van der Waals surface area contributed by atoms with E-state index < -0.39 is 48.9 Å². The molecule has 0 fully saturated rings. The van der Waals surface area contributed by atoms with Crippen molar-refractivity contribution >= 4 is 63.4 Å². The van der Waals surface area contributed by atoms with Crippen LogP contribution in [0.3, 0.4) is 0 Å². The van der Waals surface area contributed by atoms with E-state index in [0.29, 0.717) is 0 Å². The first-order valence-corrected chi connectivity index (χ1v) is 35.9. The summed E-state index contributed by atoms with van der Waals surface area (Å²) < 4.78 is 1.84. The zero-order valence-corrected chi connectivity index (χ0v) is 39.3. The van der Waals surface area contributed by atoms with Crippen molar-refractivity contribution in [1.82, 2.24) is 0 Å². The van der Waals surface area contributed by atoms with E-state index in [2.05, 4.69) is 178 Å². The predicted octanol–water partition coefficient (Wildman–Crippen LogP) is 9.40. The molecule has 254 valence electrons. The molecule has 0 N–H and O–H groups in total. The maximum atomic E-state index is 2.74. The van der Waals surface area contributed by atoms with Crippen LogP contribution >= 0.6 is 0 Å². The molecule has 0 aromatic heterocycles. The van der Waals surface area contributed by atoms with E-state index in [-0.39, 0.29) is 5.04 Å². The van der Waals surface area contributed by atoms with Crippen molar-refractivity contribution < 1.29 is 16.6 Å². The quantitative estimate of drug-likeness (QED) is 0.160. The molecule has 0 nitrogen and oxygen atoms in total. The van der Waals surface area contributed by atoms with Crippen molar-refractivity contribution in [3.63, 3.8) is 0 Å². The summed E-state index contributed by atoms with van der Waals surface area (Å²) in [6, 6.07) is 23.8. The van der Waals surface area contributed by atoms with Gasteiger partial charge >= 0.3 is 300 Å². The molecule has 0 spiro atoms. The van der Waals surface area contributed by atoms with E-state index >= 15 is 0 Å². The number of benzene rings is 3. The Morgan fingerprint density at radius 3 is 0.957 bits per heavy atom. The molecule has 0 bridgehead atoms. The number of hydrogen-bond acceptors (Lipinski definition) is 0. The molecule has 0 aliphatic heterocycles. The van der Waals surface area contributed by atoms with Crippen molar-refractivity contribution in [2.45, 2.75) is 128 Å². The number of hydrogen-bond donors (Lipinski definition) is 0. The Kier molecular flexibility index (Phi) is 10.2. The Labute approximate surface area is 298 Å². The maximum absolute atomic E-state index is 2.86. The van der Waals surface area contributed by atoms with Crippen LogP contribution in [0, 0.1) is 20.8 Å². The molecule has 47 heavy (non-hydrogen) atoms. The van der Waals surface area contributed by atoms with Gasteiger partial charge in [0, 0.05) is 0 Å². The topological polar surface area (TPSA) is 0 Å². The zero-order chi connectivity index (χ0) is 35.9. The van der Waals surface area contributed by atoms with Gasteiger partial charge in [0.25, 0.3) is 0 Å². The number of allylic oxidation sites excluding steroid dienone is 4. The van der Waals surface area contributed by atoms with E-state index in [1.165, 1.54) is 16.7 Å². The van der Waals surface area contributed by atoms with Crippen LogP contribution in [-0.2, 0) is 16.6 Å². The average Bonchev–Trinajstić information content (AvgIpc) is 3.07. The molecule has 5 heteroatoms. The van der Waals surface area contributed by atoms with E-state index in [1.807, 2.05) is 3.88 Å². The molecule has 1 atom stereocenters. The molecule has 0 saturated heterocycles. The summed E-state index contributed by atoms with van der Waals surface area (Å²) in [6.45, 7) is 40.1. The fraction of sp³-hybridized carbons (Fsp3) is 0.476.